The molecule has 108 valence electrons. The Morgan fingerprint density at radius 3 is 2.05 bits per heavy atom. The van der Waals surface area contributed by atoms with Gasteiger partial charge in [-0.15, -0.1) is 23.5 Å². The van der Waals surface area contributed by atoms with Gasteiger partial charge in [0.15, 0.2) is 5.57 Å². The zero-order valence-electron chi connectivity index (χ0n) is 11.6. The minimum absolute atomic E-state index is 0.0706. The molecule has 19 heavy (non-hydrogen) atoms. The molecule has 0 aromatic rings. The summed E-state index contributed by atoms with van der Waals surface area (Å²) in [6.07, 6.45) is 1.46. The third-order valence-corrected chi connectivity index (χ3v) is 5.22. The van der Waals surface area contributed by atoms with Gasteiger partial charge < -0.3 is 9.47 Å². The molecule has 0 radical (unpaired) electrons. The van der Waals surface area contributed by atoms with Gasteiger partial charge in [-0.05, 0) is 12.8 Å². The van der Waals surface area contributed by atoms with Crippen LogP contribution in [-0.4, -0.2) is 36.2 Å². The van der Waals surface area contributed by atoms with Gasteiger partial charge in [-0.25, -0.2) is 9.59 Å². The van der Waals surface area contributed by atoms with E-state index in [1.54, 1.807) is 0 Å². The molecule has 1 atom stereocenters. The van der Waals surface area contributed by atoms with E-state index in [9.17, 15) is 9.59 Å². The Bertz CT molecular complexity index is 344. The lowest BCUT2D eigenvalue weighted by atomic mass is 10.3. The molecule has 1 rings (SSSR count). The van der Waals surface area contributed by atoms with Crippen LogP contribution in [0.3, 0.4) is 0 Å². The third kappa shape index (κ3) is 5.10. The van der Waals surface area contributed by atoms with Crippen LogP contribution in [0, 0.1) is 0 Å². The molecule has 0 aliphatic carbocycles. The van der Waals surface area contributed by atoms with Crippen LogP contribution >= 0.6 is 23.5 Å². The van der Waals surface area contributed by atoms with Gasteiger partial charge in [-0.2, -0.15) is 0 Å². The lowest BCUT2D eigenvalue weighted by Gasteiger charge is -2.10. The monoisotopic (exact) mass is 304 g/mol. The van der Waals surface area contributed by atoms with Crippen molar-refractivity contribution in [3.63, 3.8) is 0 Å². The normalized spacial score (nSPS) is 18.3. The summed E-state index contributed by atoms with van der Waals surface area (Å²) >= 11 is 3.06. The first kappa shape index (κ1) is 16.4. The van der Waals surface area contributed by atoms with Crippen LogP contribution < -0.4 is 0 Å². The third-order valence-electron chi connectivity index (χ3n) is 2.24. The summed E-state index contributed by atoms with van der Waals surface area (Å²) in [5.41, 5.74) is 0.0706. The Morgan fingerprint density at radius 1 is 1.16 bits per heavy atom. The van der Waals surface area contributed by atoms with Gasteiger partial charge in [-0.1, -0.05) is 20.8 Å². The second-order valence-electron chi connectivity index (χ2n) is 4.17. The summed E-state index contributed by atoms with van der Waals surface area (Å²) in [5.74, 6) is -0.231. The van der Waals surface area contributed by atoms with Crippen LogP contribution in [0.4, 0.5) is 0 Å². The SMILES string of the molecule is CCCOC(=O)C(C(=O)OCCC)=C1SC[C@H](C)S1. The first-order chi connectivity index (χ1) is 9.10. The number of hydrogen-bond donors (Lipinski definition) is 0. The van der Waals surface area contributed by atoms with Gasteiger partial charge in [0.25, 0.3) is 0 Å². The molecular weight excluding hydrogens is 284 g/mol. The van der Waals surface area contributed by atoms with E-state index in [1.165, 1.54) is 23.5 Å². The van der Waals surface area contributed by atoms with E-state index in [4.69, 9.17) is 9.47 Å². The molecule has 0 aromatic heterocycles. The Balaban J connectivity index is 2.84. The van der Waals surface area contributed by atoms with Crippen LogP contribution in [0.2, 0.25) is 0 Å². The molecule has 0 bridgehead atoms. The first-order valence-corrected chi connectivity index (χ1v) is 8.34. The molecule has 0 aromatic carbocycles. The molecular formula is C13H20O4S2. The van der Waals surface area contributed by atoms with E-state index >= 15 is 0 Å². The highest BCUT2D eigenvalue weighted by Gasteiger charge is 2.31. The van der Waals surface area contributed by atoms with Crippen molar-refractivity contribution in [2.75, 3.05) is 19.0 Å². The van der Waals surface area contributed by atoms with Crippen LogP contribution in [0.1, 0.15) is 33.6 Å². The molecule has 0 amide bonds. The van der Waals surface area contributed by atoms with Gasteiger partial charge >= 0.3 is 11.9 Å². The molecule has 1 saturated heterocycles. The van der Waals surface area contributed by atoms with Crippen molar-refractivity contribution < 1.29 is 19.1 Å². The fraction of sp³-hybridized carbons (Fsp3) is 0.692. The molecule has 0 spiro atoms. The van der Waals surface area contributed by atoms with Gasteiger partial charge in [-0.3, -0.25) is 0 Å². The van der Waals surface area contributed by atoms with Gasteiger partial charge in [0.1, 0.15) is 0 Å². The minimum atomic E-state index is -0.563. The topological polar surface area (TPSA) is 52.6 Å². The van der Waals surface area contributed by atoms with E-state index in [2.05, 4.69) is 6.92 Å². The van der Waals surface area contributed by atoms with E-state index < -0.39 is 11.9 Å². The lowest BCUT2D eigenvalue weighted by Crippen LogP contribution is -2.20. The predicted octanol–water partition coefficient (Wildman–Crippen LogP) is 2.97. The summed E-state index contributed by atoms with van der Waals surface area (Å²) < 4.78 is 10.9. The van der Waals surface area contributed by atoms with Crippen molar-refractivity contribution in [2.45, 2.75) is 38.9 Å². The smallest absolute Gasteiger partial charge is 0.347 e. The second-order valence-corrected chi connectivity index (χ2v) is 6.91. The maximum Gasteiger partial charge on any atom is 0.347 e. The largest absolute Gasteiger partial charge is 0.462 e. The molecule has 1 aliphatic heterocycles. The Labute approximate surface area is 122 Å². The number of esters is 2. The fourth-order valence-electron chi connectivity index (χ4n) is 1.36. The summed E-state index contributed by atoms with van der Waals surface area (Å²) in [5, 5.41) is 0.396. The number of carbonyl (C=O) groups excluding carboxylic acids is 2. The highest BCUT2D eigenvalue weighted by Crippen LogP contribution is 2.43. The average Bonchev–Trinajstić information content (AvgIpc) is 2.80. The zero-order chi connectivity index (χ0) is 14.3. The van der Waals surface area contributed by atoms with E-state index in [-0.39, 0.29) is 5.57 Å². The summed E-state index contributed by atoms with van der Waals surface area (Å²) in [6.45, 7) is 6.54. The number of ether oxygens (including phenoxy) is 2. The van der Waals surface area contributed by atoms with Gasteiger partial charge in [0, 0.05) is 11.0 Å². The molecule has 6 heteroatoms. The van der Waals surface area contributed by atoms with Crippen molar-refractivity contribution >= 4 is 35.5 Å². The summed E-state index contributed by atoms with van der Waals surface area (Å²) in [6, 6.07) is 0. The standard InChI is InChI=1S/C13H20O4S2/c1-4-6-16-11(14)10(12(15)17-7-5-2)13-18-8-9(3)19-13/h9H,4-8H2,1-3H3/t9-/m0/s1. The Hall–Kier alpha value is -0.620. The summed E-state index contributed by atoms with van der Waals surface area (Å²) in [4.78, 5) is 24.0. The number of thioether (sulfide) groups is 2. The number of carbonyl (C=O) groups is 2. The molecule has 1 fully saturated rings. The van der Waals surface area contributed by atoms with E-state index in [1.807, 2.05) is 13.8 Å². The molecule has 1 heterocycles. The average molecular weight is 304 g/mol. The predicted molar refractivity (Wildman–Crippen MR) is 79.0 cm³/mol. The van der Waals surface area contributed by atoms with Crippen LogP contribution in [0.5, 0.6) is 0 Å². The van der Waals surface area contributed by atoms with Crippen molar-refractivity contribution in [1.29, 1.82) is 0 Å². The lowest BCUT2D eigenvalue weighted by molar-refractivity contribution is -0.147. The second kappa shape index (κ2) is 8.53. The van der Waals surface area contributed by atoms with Crippen LogP contribution in [0.25, 0.3) is 0 Å². The maximum atomic E-state index is 12.0. The highest BCUT2D eigenvalue weighted by atomic mass is 32.2. The number of rotatable bonds is 6. The van der Waals surface area contributed by atoms with E-state index in [0.717, 1.165) is 22.8 Å². The Kier molecular flexibility index (Phi) is 7.38. The number of hydrogen-bond acceptors (Lipinski definition) is 6. The summed E-state index contributed by atoms with van der Waals surface area (Å²) in [7, 11) is 0. The molecule has 0 unspecified atom stereocenters. The molecule has 0 N–H and O–H groups in total. The van der Waals surface area contributed by atoms with Crippen molar-refractivity contribution in [3.05, 3.63) is 9.81 Å². The van der Waals surface area contributed by atoms with E-state index in [0.29, 0.717) is 18.5 Å². The first-order valence-electron chi connectivity index (χ1n) is 6.48. The van der Waals surface area contributed by atoms with Crippen molar-refractivity contribution in [1.82, 2.24) is 0 Å². The van der Waals surface area contributed by atoms with Crippen molar-refractivity contribution in [3.8, 4) is 0 Å². The van der Waals surface area contributed by atoms with Crippen LogP contribution in [0.15, 0.2) is 9.81 Å². The van der Waals surface area contributed by atoms with Gasteiger partial charge in [0.05, 0.1) is 17.5 Å². The molecule has 1 aliphatic rings. The maximum absolute atomic E-state index is 12.0. The molecule has 4 nitrogen and oxygen atoms in total. The van der Waals surface area contributed by atoms with Gasteiger partial charge in [0.2, 0.25) is 0 Å². The molecule has 0 saturated carbocycles. The van der Waals surface area contributed by atoms with Crippen LogP contribution in [-0.2, 0) is 19.1 Å². The Morgan fingerprint density at radius 2 is 1.68 bits per heavy atom. The quantitative estimate of drug-likeness (QED) is 0.325. The zero-order valence-corrected chi connectivity index (χ0v) is 13.2. The van der Waals surface area contributed by atoms with Crippen molar-refractivity contribution in [2.24, 2.45) is 0 Å². The minimum Gasteiger partial charge on any atom is -0.462 e. The highest BCUT2D eigenvalue weighted by molar-refractivity contribution is 8.25. The fourth-order valence-corrected chi connectivity index (χ4v) is 4.15.